The molecule has 0 heterocycles. The van der Waals surface area contributed by atoms with Gasteiger partial charge in [-0.25, -0.2) is 0 Å². The highest BCUT2D eigenvalue weighted by atomic mass is 35.5. The van der Waals surface area contributed by atoms with Crippen LogP contribution in [-0.4, -0.2) is 21.7 Å². The van der Waals surface area contributed by atoms with Gasteiger partial charge >= 0.3 is 0 Å². The van der Waals surface area contributed by atoms with Gasteiger partial charge in [0.2, 0.25) is 5.91 Å². The van der Waals surface area contributed by atoms with E-state index in [2.05, 4.69) is 16.7 Å². The van der Waals surface area contributed by atoms with Crippen LogP contribution in [0.15, 0.2) is 30.3 Å². The molecular weight excluding hydrogens is 516 g/mol. The van der Waals surface area contributed by atoms with Crippen molar-refractivity contribution in [1.29, 1.82) is 5.26 Å². The summed E-state index contributed by atoms with van der Waals surface area (Å²) in [5, 5.41) is 15.7. The van der Waals surface area contributed by atoms with Gasteiger partial charge in [0, 0.05) is 21.7 Å². The number of nitriles is 1. The van der Waals surface area contributed by atoms with Crippen LogP contribution in [0.5, 0.6) is 0 Å². The van der Waals surface area contributed by atoms with Crippen LogP contribution >= 0.6 is 58.0 Å². The normalized spacial score (nSPS) is 21.9. The molecule has 2 atom stereocenters. The summed E-state index contributed by atoms with van der Waals surface area (Å²) in [5.41, 5.74) is 1.05. The number of hydrogen-bond acceptors (Lipinski definition) is 3. The van der Waals surface area contributed by atoms with Crippen LogP contribution in [0, 0.1) is 24.2 Å². The summed E-state index contributed by atoms with van der Waals surface area (Å²) >= 11 is 31.4. The first-order valence-corrected chi connectivity index (χ1v) is 11.6. The Kier molecular flexibility index (Phi) is 6.07. The molecule has 2 aromatic carbocycles. The molecule has 0 radical (unpaired) electrons. The molecule has 0 aliphatic heterocycles. The first-order valence-electron chi connectivity index (χ1n) is 9.66. The fourth-order valence-corrected chi connectivity index (χ4v) is 5.12. The molecule has 10 heteroatoms. The molecule has 2 fully saturated rings. The molecule has 2 aliphatic rings. The number of alkyl halides is 2. The summed E-state index contributed by atoms with van der Waals surface area (Å²) in [5.74, 6) is -2.15. The third-order valence-electron chi connectivity index (χ3n) is 5.79. The quantitative estimate of drug-likeness (QED) is 0.447. The maximum absolute atomic E-state index is 12.9. The lowest BCUT2D eigenvalue weighted by atomic mass is 10.1. The number of nitrogens with one attached hydrogen (secondary N) is 2. The molecule has 5 nitrogen and oxygen atoms in total. The molecule has 2 N–H and O–H groups in total. The summed E-state index contributed by atoms with van der Waals surface area (Å²) < 4.78 is -1.33. The number of nitrogens with zero attached hydrogens (tertiary/aromatic N) is 1. The van der Waals surface area contributed by atoms with E-state index in [0.717, 1.165) is 5.56 Å². The Morgan fingerprint density at radius 3 is 2.25 bits per heavy atom. The molecule has 4 rings (SSSR count). The molecule has 0 spiro atoms. The minimum absolute atomic E-state index is 0.151. The first-order chi connectivity index (χ1) is 15.0. The summed E-state index contributed by atoms with van der Waals surface area (Å²) in [6, 6.07) is 10.0. The lowest BCUT2D eigenvalue weighted by molar-refractivity contribution is -0.117. The molecule has 0 aromatic heterocycles. The lowest BCUT2D eigenvalue weighted by Gasteiger charge is -2.12. The zero-order valence-electron chi connectivity index (χ0n) is 16.6. The molecule has 2 amide bonds. The van der Waals surface area contributed by atoms with E-state index in [9.17, 15) is 14.9 Å². The second kappa shape index (κ2) is 8.27. The van der Waals surface area contributed by atoms with Crippen LogP contribution in [0.2, 0.25) is 15.1 Å². The van der Waals surface area contributed by atoms with Crippen molar-refractivity contribution in [3.05, 3.63) is 62.1 Å². The molecular formula is C22H16Cl5N3O2. The van der Waals surface area contributed by atoms with Crippen molar-refractivity contribution in [3.8, 4) is 6.07 Å². The van der Waals surface area contributed by atoms with Gasteiger partial charge < -0.3 is 10.6 Å². The van der Waals surface area contributed by atoms with E-state index in [1.807, 2.05) is 0 Å². The summed E-state index contributed by atoms with van der Waals surface area (Å²) in [4.78, 5) is 25.5. The molecule has 2 aliphatic carbocycles. The Hall–Kier alpha value is -1.68. The fourth-order valence-electron chi connectivity index (χ4n) is 3.58. The third-order valence-corrected chi connectivity index (χ3v) is 7.85. The van der Waals surface area contributed by atoms with Gasteiger partial charge in [-0.15, -0.1) is 23.2 Å². The zero-order chi connectivity index (χ0) is 23.4. The van der Waals surface area contributed by atoms with Crippen molar-refractivity contribution >= 4 is 75.5 Å². The van der Waals surface area contributed by atoms with Crippen molar-refractivity contribution in [2.24, 2.45) is 5.92 Å². The number of carbonyl (C=O) groups is 2. The number of halogens is 5. The van der Waals surface area contributed by atoms with Crippen molar-refractivity contribution in [2.45, 2.75) is 35.6 Å². The number of carbonyl (C=O) groups excluding carboxylic acids is 2. The van der Waals surface area contributed by atoms with E-state index < -0.39 is 33.5 Å². The van der Waals surface area contributed by atoms with Gasteiger partial charge in [0.1, 0.15) is 9.87 Å². The Labute approximate surface area is 209 Å². The zero-order valence-corrected chi connectivity index (χ0v) is 20.4. The molecule has 2 aromatic rings. The molecule has 2 saturated carbocycles. The Morgan fingerprint density at radius 2 is 1.69 bits per heavy atom. The van der Waals surface area contributed by atoms with E-state index in [4.69, 9.17) is 58.0 Å². The number of rotatable bonds is 5. The van der Waals surface area contributed by atoms with Crippen molar-refractivity contribution in [3.63, 3.8) is 0 Å². The molecule has 0 bridgehead atoms. The van der Waals surface area contributed by atoms with E-state index in [0.29, 0.717) is 34.1 Å². The monoisotopic (exact) mass is 529 g/mol. The highest BCUT2D eigenvalue weighted by Crippen LogP contribution is 2.65. The number of hydrogen-bond donors (Lipinski definition) is 2. The highest BCUT2D eigenvalue weighted by Gasteiger charge is 2.67. The summed E-state index contributed by atoms with van der Waals surface area (Å²) in [6.07, 6.45) is 1.18. The maximum atomic E-state index is 12.9. The Balaban J connectivity index is 1.52. The number of benzene rings is 2. The topological polar surface area (TPSA) is 82.0 Å². The highest BCUT2D eigenvalue weighted by molar-refractivity contribution is 6.53. The summed E-state index contributed by atoms with van der Waals surface area (Å²) in [6.45, 7) is 1.79. The Morgan fingerprint density at radius 1 is 1.06 bits per heavy atom. The van der Waals surface area contributed by atoms with Crippen LogP contribution in [0.3, 0.4) is 0 Å². The van der Waals surface area contributed by atoms with E-state index >= 15 is 0 Å². The van der Waals surface area contributed by atoms with Gasteiger partial charge in [-0.05, 0) is 61.2 Å². The van der Waals surface area contributed by atoms with Gasteiger partial charge in [0.25, 0.3) is 5.91 Å². The predicted octanol–water partition coefficient (Wildman–Crippen LogP) is 6.27. The van der Waals surface area contributed by atoms with E-state index in [1.54, 1.807) is 25.1 Å². The van der Waals surface area contributed by atoms with Crippen molar-refractivity contribution < 1.29 is 9.59 Å². The smallest absolute Gasteiger partial charge is 0.254 e. The maximum Gasteiger partial charge on any atom is 0.254 e. The third kappa shape index (κ3) is 4.27. The van der Waals surface area contributed by atoms with Gasteiger partial charge in [0.15, 0.2) is 0 Å². The number of anilines is 1. The van der Waals surface area contributed by atoms with Crippen LogP contribution in [-0.2, 0) is 4.79 Å². The largest absolute Gasteiger partial charge is 0.334 e. The lowest BCUT2D eigenvalue weighted by Crippen LogP contribution is -2.35. The SMILES string of the molecule is Cc1c(Cl)cc(C2C(C(=O)Nc3ccc(Cl)c(C(=O)NC4(C#N)CC4)c3)C2(Cl)Cl)cc1Cl. The van der Waals surface area contributed by atoms with Crippen LogP contribution < -0.4 is 10.6 Å². The van der Waals surface area contributed by atoms with Gasteiger partial charge in [-0.3, -0.25) is 9.59 Å². The molecule has 32 heavy (non-hydrogen) atoms. The number of amides is 2. The van der Waals surface area contributed by atoms with Gasteiger partial charge in [-0.1, -0.05) is 34.8 Å². The average molecular weight is 532 g/mol. The van der Waals surface area contributed by atoms with E-state index in [-0.39, 0.29) is 10.6 Å². The van der Waals surface area contributed by atoms with Crippen molar-refractivity contribution in [1.82, 2.24) is 5.32 Å². The molecule has 166 valence electrons. The second-order valence-electron chi connectivity index (χ2n) is 8.07. The molecule has 0 saturated heterocycles. The minimum atomic E-state index is -1.33. The molecule has 2 unspecified atom stereocenters. The summed E-state index contributed by atoms with van der Waals surface area (Å²) in [7, 11) is 0. The Bertz CT molecular complexity index is 1160. The van der Waals surface area contributed by atoms with Gasteiger partial charge in [0.05, 0.1) is 22.6 Å². The average Bonchev–Trinajstić information content (AvgIpc) is 3.62. The first kappa shape index (κ1) is 23.5. The minimum Gasteiger partial charge on any atom is -0.334 e. The fraction of sp³-hybridized carbons (Fsp3) is 0.318. The van der Waals surface area contributed by atoms with Crippen LogP contribution in [0.1, 0.15) is 40.2 Å². The predicted molar refractivity (Wildman–Crippen MR) is 127 cm³/mol. The van der Waals surface area contributed by atoms with Crippen LogP contribution in [0.4, 0.5) is 5.69 Å². The van der Waals surface area contributed by atoms with Crippen molar-refractivity contribution in [2.75, 3.05) is 5.32 Å². The second-order valence-corrected chi connectivity index (χ2v) is 10.7. The standard InChI is InChI=1S/C22H16Cl5N3O2/c1-10-15(24)6-11(7-16(10)25)17-18(22(17,26)27)20(32)29-12-2-3-14(23)13(8-12)19(31)30-21(9-28)4-5-21/h2-3,6-8,17-18H,4-5H2,1H3,(H,29,32)(H,30,31). The van der Waals surface area contributed by atoms with Crippen LogP contribution in [0.25, 0.3) is 0 Å². The van der Waals surface area contributed by atoms with Gasteiger partial charge in [-0.2, -0.15) is 5.26 Å². The van der Waals surface area contributed by atoms with E-state index in [1.165, 1.54) is 12.1 Å².